The molecule has 1 fully saturated rings. The number of nitrogens with two attached hydrogens (primary N) is 1. The minimum absolute atomic E-state index is 0.350. The Hall–Kier alpha value is -0.920. The largest absolute Gasteiger partial charge is 0.462 e. The molecule has 118 valence electrons. The quantitative estimate of drug-likeness (QED) is 0.412. The maximum absolute atomic E-state index is 11.9. The van der Waals surface area contributed by atoms with Crippen molar-refractivity contribution in [3.05, 3.63) is 4.88 Å². The Morgan fingerprint density at radius 2 is 2.29 bits per heavy atom. The van der Waals surface area contributed by atoms with Crippen LogP contribution in [-0.4, -0.2) is 38.6 Å². The zero-order valence-electron chi connectivity index (χ0n) is 12.4. The van der Waals surface area contributed by atoms with E-state index >= 15 is 0 Å². The van der Waals surface area contributed by atoms with Crippen LogP contribution in [0.3, 0.4) is 0 Å². The Bertz CT molecular complexity index is 487. The summed E-state index contributed by atoms with van der Waals surface area (Å²) < 4.78 is 10.6. The van der Waals surface area contributed by atoms with E-state index in [1.165, 1.54) is 35.9 Å². The number of carbonyl (C=O) groups excluding carboxylic acids is 1. The van der Waals surface area contributed by atoms with Crippen molar-refractivity contribution in [3.63, 3.8) is 0 Å². The molecule has 3 N–H and O–H groups in total. The number of rotatable bonds is 9. The van der Waals surface area contributed by atoms with Crippen molar-refractivity contribution in [1.29, 1.82) is 0 Å². The fourth-order valence-electron chi connectivity index (χ4n) is 1.87. The molecule has 2 rings (SSSR count). The maximum Gasteiger partial charge on any atom is 0.350 e. The van der Waals surface area contributed by atoms with E-state index in [1.54, 1.807) is 6.92 Å². The van der Waals surface area contributed by atoms with Crippen molar-refractivity contribution in [3.8, 4) is 0 Å². The van der Waals surface area contributed by atoms with Gasteiger partial charge in [0.2, 0.25) is 0 Å². The standard InChI is InChI=1S/C14H22N2O3S2/c1-3-19-14(17)12-10(15)11(20-2)13(21-12)16-6-7-18-8-9-4-5-9/h9,16H,3-8,15H2,1-2H3. The molecule has 1 aliphatic carbocycles. The molecule has 0 aliphatic heterocycles. The van der Waals surface area contributed by atoms with Gasteiger partial charge in [-0.3, -0.25) is 0 Å². The fraction of sp³-hybridized carbons (Fsp3) is 0.643. The molecular weight excluding hydrogens is 308 g/mol. The summed E-state index contributed by atoms with van der Waals surface area (Å²) >= 11 is 2.88. The first-order valence-electron chi connectivity index (χ1n) is 7.12. The molecule has 0 saturated heterocycles. The van der Waals surface area contributed by atoms with Gasteiger partial charge < -0.3 is 20.5 Å². The van der Waals surface area contributed by atoms with Crippen LogP contribution in [0.1, 0.15) is 29.4 Å². The Morgan fingerprint density at radius 3 is 2.90 bits per heavy atom. The number of thioether (sulfide) groups is 1. The van der Waals surface area contributed by atoms with Crippen molar-refractivity contribution in [1.82, 2.24) is 0 Å². The zero-order valence-corrected chi connectivity index (χ0v) is 14.1. The van der Waals surface area contributed by atoms with Gasteiger partial charge in [-0.05, 0) is 31.9 Å². The van der Waals surface area contributed by atoms with Crippen LogP contribution in [-0.2, 0) is 9.47 Å². The monoisotopic (exact) mass is 330 g/mol. The number of esters is 1. The summed E-state index contributed by atoms with van der Waals surface area (Å²) in [5, 5.41) is 4.22. The van der Waals surface area contributed by atoms with Crippen LogP contribution in [0.15, 0.2) is 4.90 Å². The lowest BCUT2D eigenvalue weighted by Crippen LogP contribution is -2.10. The van der Waals surface area contributed by atoms with E-state index < -0.39 is 0 Å². The molecule has 0 aromatic carbocycles. The number of nitrogen functional groups attached to an aromatic ring is 1. The highest BCUT2D eigenvalue weighted by Crippen LogP contribution is 2.41. The van der Waals surface area contributed by atoms with E-state index in [4.69, 9.17) is 15.2 Å². The summed E-state index contributed by atoms with van der Waals surface area (Å²) in [7, 11) is 0. The van der Waals surface area contributed by atoms with Gasteiger partial charge >= 0.3 is 5.97 Å². The molecule has 1 heterocycles. The highest BCUT2D eigenvalue weighted by molar-refractivity contribution is 7.99. The summed E-state index contributed by atoms with van der Waals surface area (Å²) in [6.45, 7) is 4.37. The van der Waals surface area contributed by atoms with Crippen LogP contribution in [0.5, 0.6) is 0 Å². The normalized spacial score (nSPS) is 14.2. The topological polar surface area (TPSA) is 73.6 Å². The summed E-state index contributed by atoms with van der Waals surface area (Å²) in [6, 6.07) is 0. The second-order valence-corrected chi connectivity index (χ2v) is 6.71. The average Bonchev–Trinajstić information content (AvgIpc) is 3.22. The second kappa shape index (κ2) is 7.91. The molecule has 1 aliphatic rings. The predicted octanol–water partition coefficient (Wildman–Crippen LogP) is 3.07. The molecule has 0 unspecified atom stereocenters. The number of carbonyl (C=O) groups is 1. The van der Waals surface area contributed by atoms with E-state index in [0.717, 1.165) is 22.4 Å². The van der Waals surface area contributed by atoms with Crippen LogP contribution in [0.25, 0.3) is 0 Å². The molecule has 1 saturated carbocycles. The highest BCUT2D eigenvalue weighted by Gasteiger charge is 2.22. The molecule has 1 aromatic heterocycles. The van der Waals surface area contributed by atoms with Gasteiger partial charge in [0.1, 0.15) is 9.88 Å². The Labute approximate surface area is 133 Å². The van der Waals surface area contributed by atoms with Gasteiger partial charge in [0, 0.05) is 13.2 Å². The Kier molecular flexibility index (Phi) is 6.20. The Balaban J connectivity index is 1.90. The SMILES string of the molecule is CCOC(=O)c1sc(NCCOCC2CC2)c(SC)c1N. The lowest BCUT2D eigenvalue weighted by atomic mass is 10.4. The van der Waals surface area contributed by atoms with Crippen LogP contribution in [0.2, 0.25) is 0 Å². The number of nitrogens with one attached hydrogen (secondary N) is 1. The fourth-order valence-corrected chi connectivity index (χ4v) is 3.82. The van der Waals surface area contributed by atoms with Gasteiger partial charge in [0.05, 0.1) is 23.8 Å². The first-order valence-corrected chi connectivity index (χ1v) is 9.16. The van der Waals surface area contributed by atoms with E-state index in [0.29, 0.717) is 30.3 Å². The minimum atomic E-state index is -0.353. The number of hydrogen-bond donors (Lipinski definition) is 2. The summed E-state index contributed by atoms with van der Waals surface area (Å²) in [4.78, 5) is 13.2. The molecule has 0 amide bonds. The molecule has 5 nitrogen and oxygen atoms in total. The van der Waals surface area contributed by atoms with Gasteiger partial charge in [-0.1, -0.05) is 0 Å². The zero-order chi connectivity index (χ0) is 15.2. The van der Waals surface area contributed by atoms with E-state index in [2.05, 4.69) is 5.32 Å². The molecule has 0 radical (unpaired) electrons. The van der Waals surface area contributed by atoms with Crippen molar-refractivity contribution in [2.24, 2.45) is 5.92 Å². The van der Waals surface area contributed by atoms with Crippen LogP contribution in [0.4, 0.5) is 10.7 Å². The lowest BCUT2D eigenvalue weighted by molar-refractivity contribution is 0.0533. The number of ether oxygens (including phenoxy) is 2. The molecule has 0 bridgehead atoms. The third kappa shape index (κ3) is 4.52. The van der Waals surface area contributed by atoms with E-state index in [-0.39, 0.29) is 5.97 Å². The van der Waals surface area contributed by atoms with Crippen molar-refractivity contribution in [2.75, 3.05) is 43.7 Å². The van der Waals surface area contributed by atoms with E-state index in [1.807, 2.05) is 6.26 Å². The van der Waals surface area contributed by atoms with Gasteiger partial charge in [0.15, 0.2) is 0 Å². The van der Waals surface area contributed by atoms with Crippen molar-refractivity contribution >= 4 is 39.8 Å². The predicted molar refractivity (Wildman–Crippen MR) is 88.5 cm³/mol. The highest BCUT2D eigenvalue weighted by atomic mass is 32.2. The minimum Gasteiger partial charge on any atom is -0.462 e. The van der Waals surface area contributed by atoms with Crippen molar-refractivity contribution in [2.45, 2.75) is 24.7 Å². The first kappa shape index (κ1) is 16.5. The molecular formula is C14H22N2O3S2. The van der Waals surface area contributed by atoms with Crippen molar-refractivity contribution < 1.29 is 14.3 Å². The molecule has 0 atom stereocenters. The van der Waals surface area contributed by atoms with Crippen LogP contribution >= 0.6 is 23.1 Å². The number of thiophene rings is 1. The average molecular weight is 330 g/mol. The van der Waals surface area contributed by atoms with Crippen LogP contribution < -0.4 is 11.1 Å². The molecule has 7 heteroatoms. The molecule has 0 spiro atoms. The third-order valence-electron chi connectivity index (χ3n) is 3.15. The smallest absolute Gasteiger partial charge is 0.350 e. The number of anilines is 2. The third-order valence-corrected chi connectivity index (χ3v) is 5.25. The Morgan fingerprint density at radius 1 is 1.52 bits per heavy atom. The lowest BCUT2D eigenvalue weighted by Gasteiger charge is -2.06. The van der Waals surface area contributed by atoms with Gasteiger partial charge in [-0.25, -0.2) is 4.79 Å². The summed E-state index contributed by atoms with van der Waals surface area (Å²) in [5.74, 6) is 0.424. The summed E-state index contributed by atoms with van der Waals surface area (Å²) in [5.41, 5.74) is 6.55. The second-order valence-electron chi connectivity index (χ2n) is 4.87. The molecule has 1 aromatic rings. The maximum atomic E-state index is 11.9. The number of hydrogen-bond acceptors (Lipinski definition) is 7. The van der Waals surface area contributed by atoms with Gasteiger partial charge in [0.25, 0.3) is 0 Å². The van der Waals surface area contributed by atoms with Gasteiger partial charge in [-0.2, -0.15) is 0 Å². The first-order chi connectivity index (χ1) is 10.2. The van der Waals surface area contributed by atoms with Crippen LogP contribution in [0, 0.1) is 5.92 Å². The van der Waals surface area contributed by atoms with E-state index in [9.17, 15) is 4.79 Å². The molecule has 21 heavy (non-hydrogen) atoms. The summed E-state index contributed by atoms with van der Waals surface area (Å²) in [6.07, 6.45) is 4.55. The van der Waals surface area contributed by atoms with Gasteiger partial charge in [-0.15, -0.1) is 23.1 Å².